The third-order valence-corrected chi connectivity index (χ3v) is 2.55. The van der Waals surface area contributed by atoms with Crippen LogP contribution in [0.25, 0.3) is 0 Å². The maximum Gasteiger partial charge on any atom is 0.147 e. The molecule has 4 heteroatoms. The Morgan fingerprint density at radius 1 is 1.11 bits per heavy atom. The predicted molar refractivity (Wildman–Crippen MR) is 74.7 cm³/mol. The van der Waals surface area contributed by atoms with Crippen molar-refractivity contribution in [2.24, 2.45) is 0 Å². The number of benzene rings is 1. The first-order valence-corrected chi connectivity index (χ1v) is 6.13. The normalized spacial score (nSPS) is 10.1. The van der Waals surface area contributed by atoms with Gasteiger partial charge in [-0.1, -0.05) is 29.8 Å². The molecular formula is C14H18N4. The Labute approximate surface area is 107 Å². The van der Waals surface area contributed by atoms with Gasteiger partial charge in [-0.15, -0.1) is 0 Å². The molecule has 1 aromatic carbocycles. The van der Waals surface area contributed by atoms with Crippen molar-refractivity contribution in [3.8, 4) is 0 Å². The van der Waals surface area contributed by atoms with E-state index in [-0.39, 0.29) is 0 Å². The molecule has 0 aliphatic rings. The Morgan fingerprint density at radius 3 is 2.61 bits per heavy atom. The van der Waals surface area contributed by atoms with Crippen LogP contribution in [0.1, 0.15) is 18.1 Å². The van der Waals surface area contributed by atoms with E-state index in [1.165, 1.54) is 11.1 Å². The monoisotopic (exact) mass is 242 g/mol. The number of hydrogen-bond donors (Lipinski definition) is 2. The molecule has 2 aromatic rings. The van der Waals surface area contributed by atoms with Gasteiger partial charge in [0.05, 0.1) is 12.4 Å². The first-order valence-electron chi connectivity index (χ1n) is 6.13. The number of aromatic nitrogens is 2. The Kier molecular flexibility index (Phi) is 4.12. The van der Waals surface area contributed by atoms with Gasteiger partial charge in [-0.05, 0) is 19.4 Å². The summed E-state index contributed by atoms with van der Waals surface area (Å²) in [6.45, 7) is 5.73. The molecule has 0 saturated heterocycles. The van der Waals surface area contributed by atoms with Gasteiger partial charge >= 0.3 is 0 Å². The summed E-state index contributed by atoms with van der Waals surface area (Å²) in [5.74, 6) is 1.58. The van der Waals surface area contributed by atoms with Gasteiger partial charge in [0, 0.05) is 13.1 Å². The van der Waals surface area contributed by atoms with E-state index in [2.05, 4.69) is 51.8 Å². The maximum absolute atomic E-state index is 4.42. The van der Waals surface area contributed by atoms with Gasteiger partial charge in [-0.25, -0.2) is 4.98 Å². The van der Waals surface area contributed by atoms with E-state index in [1.807, 2.05) is 6.92 Å². The van der Waals surface area contributed by atoms with Crippen LogP contribution in [0.5, 0.6) is 0 Å². The summed E-state index contributed by atoms with van der Waals surface area (Å²) in [6, 6.07) is 8.42. The summed E-state index contributed by atoms with van der Waals surface area (Å²) in [6.07, 6.45) is 3.46. The zero-order valence-electron chi connectivity index (χ0n) is 10.8. The third-order valence-electron chi connectivity index (χ3n) is 2.55. The van der Waals surface area contributed by atoms with Crippen LogP contribution in [0.4, 0.5) is 11.6 Å². The van der Waals surface area contributed by atoms with E-state index in [0.29, 0.717) is 0 Å². The Bertz CT molecular complexity index is 511. The lowest BCUT2D eigenvalue weighted by atomic mass is 10.1. The second-order valence-corrected chi connectivity index (χ2v) is 4.16. The van der Waals surface area contributed by atoms with Crippen LogP contribution in [0.2, 0.25) is 0 Å². The minimum Gasteiger partial charge on any atom is -0.369 e. The zero-order valence-corrected chi connectivity index (χ0v) is 10.8. The second-order valence-electron chi connectivity index (χ2n) is 4.16. The average molecular weight is 242 g/mol. The predicted octanol–water partition coefficient (Wildman–Crippen LogP) is 2.83. The zero-order chi connectivity index (χ0) is 12.8. The number of anilines is 2. The molecule has 0 saturated carbocycles. The molecule has 2 N–H and O–H groups in total. The molecule has 0 aliphatic heterocycles. The van der Waals surface area contributed by atoms with Crippen molar-refractivity contribution in [3.63, 3.8) is 0 Å². The van der Waals surface area contributed by atoms with Gasteiger partial charge in [-0.3, -0.25) is 4.98 Å². The fraction of sp³-hybridized carbons (Fsp3) is 0.286. The second kappa shape index (κ2) is 6.00. The first kappa shape index (κ1) is 12.4. The Balaban J connectivity index is 1.99. The highest BCUT2D eigenvalue weighted by atomic mass is 15.1. The lowest BCUT2D eigenvalue weighted by Gasteiger charge is -2.08. The topological polar surface area (TPSA) is 49.8 Å². The summed E-state index contributed by atoms with van der Waals surface area (Å²) >= 11 is 0. The molecule has 94 valence electrons. The van der Waals surface area contributed by atoms with Crippen LogP contribution in [-0.2, 0) is 6.54 Å². The van der Waals surface area contributed by atoms with Crippen LogP contribution < -0.4 is 10.6 Å². The summed E-state index contributed by atoms with van der Waals surface area (Å²) in [4.78, 5) is 8.56. The third kappa shape index (κ3) is 3.45. The fourth-order valence-electron chi connectivity index (χ4n) is 1.73. The summed E-state index contributed by atoms with van der Waals surface area (Å²) in [5, 5.41) is 6.41. The Hall–Kier alpha value is -2.10. The van der Waals surface area contributed by atoms with Crippen molar-refractivity contribution in [2.75, 3.05) is 17.2 Å². The van der Waals surface area contributed by atoms with E-state index in [0.717, 1.165) is 24.7 Å². The molecule has 0 amide bonds. The summed E-state index contributed by atoms with van der Waals surface area (Å²) in [5.41, 5.74) is 2.51. The molecule has 4 nitrogen and oxygen atoms in total. The lowest BCUT2D eigenvalue weighted by molar-refractivity contribution is 1.07. The van der Waals surface area contributed by atoms with Crippen LogP contribution in [0.3, 0.4) is 0 Å². The van der Waals surface area contributed by atoms with E-state index in [1.54, 1.807) is 12.4 Å². The van der Waals surface area contributed by atoms with E-state index in [4.69, 9.17) is 0 Å². The quantitative estimate of drug-likeness (QED) is 0.846. The smallest absolute Gasteiger partial charge is 0.147 e. The highest BCUT2D eigenvalue weighted by Crippen LogP contribution is 2.09. The number of nitrogens with one attached hydrogen (secondary N) is 2. The Morgan fingerprint density at radius 2 is 1.89 bits per heavy atom. The highest BCUT2D eigenvalue weighted by molar-refractivity contribution is 5.42. The van der Waals surface area contributed by atoms with Crippen molar-refractivity contribution in [3.05, 3.63) is 47.8 Å². The molecule has 0 atom stereocenters. The number of rotatable bonds is 5. The number of aryl methyl sites for hydroxylation is 1. The van der Waals surface area contributed by atoms with Gasteiger partial charge in [0.1, 0.15) is 11.6 Å². The van der Waals surface area contributed by atoms with Crippen LogP contribution in [0.15, 0.2) is 36.7 Å². The number of nitrogens with zero attached hydrogens (tertiary/aromatic N) is 2. The lowest BCUT2D eigenvalue weighted by Crippen LogP contribution is -2.05. The standard InChI is InChI=1S/C14H18N4/c1-3-16-13-9-15-10-14(18-13)17-8-12-6-4-5-11(2)7-12/h4-7,9-10H,3,8H2,1-2H3,(H2,16,17,18). The minimum absolute atomic E-state index is 0.756. The molecule has 0 fully saturated rings. The molecule has 2 rings (SSSR count). The SMILES string of the molecule is CCNc1cncc(NCc2cccc(C)c2)n1. The summed E-state index contributed by atoms with van der Waals surface area (Å²) < 4.78 is 0. The molecular weight excluding hydrogens is 224 g/mol. The molecule has 1 heterocycles. The van der Waals surface area contributed by atoms with Crippen LogP contribution >= 0.6 is 0 Å². The van der Waals surface area contributed by atoms with Crippen LogP contribution in [0, 0.1) is 6.92 Å². The molecule has 18 heavy (non-hydrogen) atoms. The molecule has 0 radical (unpaired) electrons. The minimum atomic E-state index is 0.756. The van der Waals surface area contributed by atoms with Crippen molar-refractivity contribution in [1.29, 1.82) is 0 Å². The van der Waals surface area contributed by atoms with Gasteiger partial charge in [0.2, 0.25) is 0 Å². The molecule has 0 unspecified atom stereocenters. The summed E-state index contributed by atoms with van der Waals surface area (Å²) in [7, 11) is 0. The van der Waals surface area contributed by atoms with Crippen molar-refractivity contribution in [1.82, 2.24) is 9.97 Å². The van der Waals surface area contributed by atoms with Gasteiger partial charge in [0.15, 0.2) is 0 Å². The van der Waals surface area contributed by atoms with Crippen molar-refractivity contribution < 1.29 is 0 Å². The van der Waals surface area contributed by atoms with Gasteiger partial charge in [0.25, 0.3) is 0 Å². The average Bonchev–Trinajstić information content (AvgIpc) is 2.37. The van der Waals surface area contributed by atoms with E-state index >= 15 is 0 Å². The van der Waals surface area contributed by atoms with Crippen molar-refractivity contribution >= 4 is 11.6 Å². The van der Waals surface area contributed by atoms with Crippen molar-refractivity contribution in [2.45, 2.75) is 20.4 Å². The molecule has 0 aliphatic carbocycles. The molecule has 0 bridgehead atoms. The fourth-order valence-corrected chi connectivity index (χ4v) is 1.73. The maximum atomic E-state index is 4.42. The largest absolute Gasteiger partial charge is 0.369 e. The first-order chi connectivity index (χ1) is 8.78. The highest BCUT2D eigenvalue weighted by Gasteiger charge is 1.98. The molecule has 0 spiro atoms. The van der Waals surface area contributed by atoms with Gasteiger partial charge < -0.3 is 10.6 Å². The van der Waals surface area contributed by atoms with E-state index < -0.39 is 0 Å². The van der Waals surface area contributed by atoms with Crippen LogP contribution in [-0.4, -0.2) is 16.5 Å². The molecule has 1 aromatic heterocycles. The van der Waals surface area contributed by atoms with E-state index in [9.17, 15) is 0 Å². The van der Waals surface area contributed by atoms with Gasteiger partial charge in [-0.2, -0.15) is 0 Å². The number of hydrogen-bond acceptors (Lipinski definition) is 4.